The van der Waals surface area contributed by atoms with Crippen molar-refractivity contribution in [2.24, 2.45) is 11.7 Å². The van der Waals surface area contributed by atoms with Crippen LogP contribution in [-0.2, 0) is 13.1 Å². The van der Waals surface area contributed by atoms with Gasteiger partial charge in [-0.3, -0.25) is 4.90 Å². The van der Waals surface area contributed by atoms with E-state index < -0.39 is 0 Å². The highest BCUT2D eigenvalue weighted by atomic mass is 35.5. The van der Waals surface area contributed by atoms with Crippen molar-refractivity contribution in [3.8, 4) is 0 Å². The molecule has 2 rings (SSSR count). The Labute approximate surface area is 108 Å². The van der Waals surface area contributed by atoms with E-state index in [1.807, 2.05) is 0 Å². The number of nitrogens with two attached hydrogens (primary N) is 1. The molecule has 0 aliphatic heterocycles. The molecule has 17 heavy (non-hydrogen) atoms. The van der Waals surface area contributed by atoms with Crippen molar-refractivity contribution in [2.75, 3.05) is 6.54 Å². The van der Waals surface area contributed by atoms with Crippen LogP contribution in [0.15, 0.2) is 4.52 Å². The lowest BCUT2D eigenvalue weighted by molar-refractivity contribution is 0.217. The summed E-state index contributed by atoms with van der Waals surface area (Å²) < 4.78 is 5.01. The van der Waals surface area contributed by atoms with Crippen LogP contribution in [-0.4, -0.2) is 27.6 Å². The van der Waals surface area contributed by atoms with E-state index in [4.69, 9.17) is 10.3 Å². The summed E-state index contributed by atoms with van der Waals surface area (Å²) in [4.78, 5) is 6.68. The van der Waals surface area contributed by atoms with Crippen LogP contribution in [0.2, 0.25) is 0 Å². The number of nitrogens with zero attached hydrogens (tertiary/aromatic N) is 3. The highest BCUT2D eigenvalue weighted by Crippen LogP contribution is 2.28. The molecule has 1 heterocycles. The average Bonchev–Trinajstić information content (AvgIpc) is 2.98. The fraction of sp³-hybridized carbons (Fsp3) is 0.818. The molecule has 1 fully saturated rings. The Kier molecular flexibility index (Phi) is 5.36. The van der Waals surface area contributed by atoms with Gasteiger partial charge in [0.15, 0.2) is 5.82 Å². The number of halogens is 1. The molecule has 0 bridgehead atoms. The molecule has 0 saturated heterocycles. The molecule has 1 aromatic heterocycles. The summed E-state index contributed by atoms with van der Waals surface area (Å²) in [5, 5.41) is 3.94. The van der Waals surface area contributed by atoms with E-state index >= 15 is 0 Å². The molecule has 0 amide bonds. The van der Waals surface area contributed by atoms with Gasteiger partial charge in [0.2, 0.25) is 5.89 Å². The Bertz CT molecular complexity index is 338. The van der Waals surface area contributed by atoms with Crippen LogP contribution in [0.4, 0.5) is 0 Å². The van der Waals surface area contributed by atoms with Gasteiger partial charge in [0, 0.05) is 12.6 Å². The first-order valence-corrected chi connectivity index (χ1v) is 5.94. The minimum Gasteiger partial charge on any atom is -0.338 e. The molecule has 6 heteroatoms. The van der Waals surface area contributed by atoms with Gasteiger partial charge in [-0.2, -0.15) is 4.98 Å². The van der Waals surface area contributed by atoms with Crippen molar-refractivity contribution in [3.05, 3.63) is 11.7 Å². The average molecular weight is 261 g/mol. The van der Waals surface area contributed by atoms with Gasteiger partial charge in [-0.15, -0.1) is 12.4 Å². The standard InChI is InChI=1S/C11H20N4O.ClH/c1-8(2)6-15(9-3-4-9)7-10-13-11(5-12)16-14-10;/h8-9H,3-7,12H2,1-2H3;1H. The van der Waals surface area contributed by atoms with Gasteiger partial charge in [0.25, 0.3) is 0 Å². The summed E-state index contributed by atoms with van der Waals surface area (Å²) in [7, 11) is 0. The zero-order chi connectivity index (χ0) is 11.5. The largest absolute Gasteiger partial charge is 0.338 e. The minimum atomic E-state index is 0. The Morgan fingerprint density at radius 1 is 1.47 bits per heavy atom. The molecule has 1 aromatic rings. The number of rotatable bonds is 6. The molecule has 5 nitrogen and oxygen atoms in total. The van der Waals surface area contributed by atoms with Crippen LogP contribution >= 0.6 is 12.4 Å². The van der Waals surface area contributed by atoms with Crippen LogP contribution in [0.25, 0.3) is 0 Å². The number of hydrogen-bond acceptors (Lipinski definition) is 5. The van der Waals surface area contributed by atoms with Crippen molar-refractivity contribution < 1.29 is 4.52 Å². The fourth-order valence-electron chi connectivity index (χ4n) is 1.87. The molecule has 0 radical (unpaired) electrons. The third-order valence-corrected chi connectivity index (χ3v) is 2.69. The molecule has 98 valence electrons. The van der Waals surface area contributed by atoms with Crippen molar-refractivity contribution in [3.63, 3.8) is 0 Å². The smallest absolute Gasteiger partial charge is 0.240 e. The Morgan fingerprint density at radius 2 is 2.18 bits per heavy atom. The molecule has 1 aliphatic carbocycles. The van der Waals surface area contributed by atoms with Crippen LogP contribution in [0.3, 0.4) is 0 Å². The van der Waals surface area contributed by atoms with Gasteiger partial charge < -0.3 is 10.3 Å². The van der Waals surface area contributed by atoms with Gasteiger partial charge in [-0.05, 0) is 18.8 Å². The molecule has 0 unspecified atom stereocenters. The lowest BCUT2D eigenvalue weighted by Gasteiger charge is -2.22. The summed E-state index contributed by atoms with van der Waals surface area (Å²) in [5.74, 6) is 1.95. The van der Waals surface area contributed by atoms with E-state index in [0.29, 0.717) is 18.4 Å². The fourth-order valence-corrected chi connectivity index (χ4v) is 1.87. The van der Waals surface area contributed by atoms with Gasteiger partial charge in [-0.1, -0.05) is 19.0 Å². The Balaban J connectivity index is 0.00000144. The molecule has 0 spiro atoms. The van der Waals surface area contributed by atoms with E-state index in [-0.39, 0.29) is 12.4 Å². The summed E-state index contributed by atoms with van der Waals surface area (Å²) in [6, 6.07) is 0.724. The Morgan fingerprint density at radius 3 is 2.65 bits per heavy atom. The highest BCUT2D eigenvalue weighted by molar-refractivity contribution is 5.85. The molecule has 2 N–H and O–H groups in total. The van der Waals surface area contributed by atoms with Crippen molar-refractivity contribution in [1.29, 1.82) is 0 Å². The van der Waals surface area contributed by atoms with Crippen LogP contribution in [0.1, 0.15) is 38.4 Å². The SMILES string of the molecule is CC(C)CN(Cc1noc(CN)n1)C1CC1.Cl. The van der Waals surface area contributed by atoms with Crippen LogP contribution in [0, 0.1) is 5.92 Å². The second-order valence-corrected chi connectivity index (χ2v) is 4.86. The predicted octanol–water partition coefficient (Wildman–Crippen LogP) is 1.57. The third-order valence-electron chi connectivity index (χ3n) is 2.69. The van der Waals surface area contributed by atoms with Gasteiger partial charge in [0.1, 0.15) is 0 Å². The summed E-state index contributed by atoms with van der Waals surface area (Å²) >= 11 is 0. The van der Waals surface area contributed by atoms with E-state index in [1.165, 1.54) is 12.8 Å². The van der Waals surface area contributed by atoms with E-state index in [2.05, 4.69) is 28.9 Å². The van der Waals surface area contributed by atoms with Gasteiger partial charge in [-0.25, -0.2) is 0 Å². The molecule has 0 aromatic carbocycles. The van der Waals surface area contributed by atoms with Crippen molar-refractivity contribution >= 4 is 12.4 Å². The van der Waals surface area contributed by atoms with Crippen molar-refractivity contribution in [1.82, 2.24) is 15.0 Å². The van der Waals surface area contributed by atoms with Crippen LogP contribution < -0.4 is 5.73 Å². The second-order valence-electron chi connectivity index (χ2n) is 4.86. The number of hydrogen-bond donors (Lipinski definition) is 1. The molecule has 1 aliphatic rings. The topological polar surface area (TPSA) is 68.2 Å². The maximum atomic E-state index is 5.44. The second kappa shape index (κ2) is 6.33. The zero-order valence-corrected chi connectivity index (χ0v) is 11.2. The Hall–Kier alpha value is -0.650. The number of aromatic nitrogens is 2. The minimum absolute atomic E-state index is 0. The third kappa shape index (κ3) is 4.26. The van der Waals surface area contributed by atoms with E-state index in [9.17, 15) is 0 Å². The summed E-state index contributed by atoms with van der Waals surface area (Å²) in [6.45, 7) is 6.66. The highest BCUT2D eigenvalue weighted by Gasteiger charge is 2.30. The molecular weight excluding hydrogens is 240 g/mol. The lowest BCUT2D eigenvalue weighted by atomic mass is 10.2. The maximum Gasteiger partial charge on any atom is 0.240 e. The van der Waals surface area contributed by atoms with Crippen molar-refractivity contribution in [2.45, 2.75) is 45.8 Å². The predicted molar refractivity (Wildman–Crippen MR) is 67.7 cm³/mol. The molecule has 1 saturated carbocycles. The normalized spacial score (nSPS) is 15.4. The monoisotopic (exact) mass is 260 g/mol. The first-order chi connectivity index (χ1) is 7.69. The van der Waals surface area contributed by atoms with Crippen LogP contribution in [0.5, 0.6) is 0 Å². The summed E-state index contributed by atoms with van der Waals surface area (Å²) in [5.41, 5.74) is 5.44. The van der Waals surface area contributed by atoms with E-state index in [0.717, 1.165) is 25.0 Å². The lowest BCUT2D eigenvalue weighted by Crippen LogP contribution is -2.29. The summed E-state index contributed by atoms with van der Waals surface area (Å²) in [6.07, 6.45) is 2.60. The van der Waals surface area contributed by atoms with E-state index in [1.54, 1.807) is 0 Å². The first kappa shape index (κ1) is 14.4. The maximum absolute atomic E-state index is 5.44. The van der Waals surface area contributed by atoms with Gasteiger partial charge in [0.05, 0.1) is 13.1 Å². The quantitative estimate of drug-likeness (QED) is 0.841. The van der Waals surface area contributed by atoms with Gasteiger partial charge >= 0.3 is 0 Å². The molecule has 0 atom stereocenters. The molecular formula is C11H21ClN4O. The zero-order valence-electron chi connectivity index (χ0n) is 10.4. The first-order valence-electron chi connectivity index (χ1n) is 5.94.